The summed E-state index contributed by atoms with van der Waals surface area (Å²) in [4.78, 5) is 11.8. The summed E-state index contributed by atoms with van der Waals surface area (Å²) in [5, 5.41) is 17.0. The molecule has 0 aliphatic carbocycles. The van der Waals surface area contributed by atoms with Crippen molar-refractivity contribution in [1.82, 2.24) is 5.32 Å². The van der Waals surface area contributed by atoms with Gasteiger partial charge in [-0.15, -0.1) is 0 Å². The number of aryl methyl sites for hydroxylation is 1. The number of amides is 2. The van der Waals surface area contributed by atoms with Crippen LogP contribution in [0.5, 0.6) is 0 Å². The number of halogens is 1. The monoisotopic (exact) mass is 292 g/mol. The molecule has 0 saturated heterocycles. The summed E-state index contributed by atoms with van der Waals surface area (Å²) in [5.74, 6) is 0. The van der Waals surface area contributed by atoms with E-state index < -0.39 is 6.10 Å². The average Bonchev–Trinajstić information content (AvgIpc) is 2.41. The van der Waals surface area contributed by atoms with Crippen LogP contribution in [0.25, 0.3) is 10.8 Å². The van der Waals surface area contributed by atoms with Gasteiger partial charge >= 0.3 is 6.03 Å². The highest BCUT2D eigenvalue weighted by Gasteiger charge is 2.11. The molecule has 3 N–H and O–H groups in total. The number of carbonyl (C=O) groups excluding carboxylic acids is 1. The number of aliphatic hydroxyl groups is 1. The van der Waals surface area contributed by atoms with Crippen molar-refractivity contribution >= 4 is 34.1 Å². The third-order valence-electron chi connectivity index (χ3n) is 2.99. The lowest BCUT2D eigenvalue weighted by Crippen LogP contribution is -2.34. The molecule has 5 heteroatoms. The molecule has 0 radical (unpaired) electrons. The molecule has 0 aromatic heterocycles. The molecule has 0 heterocycles. The molecule has 0 fully saturated rings. The van der Waals surface area contributed by atoms with E-state index in [0.717, 1.165) is 22.0 Å². The van der Waals surface area contributed by atoms with Crippen molar-refractivity contribution in [3.63, 3.8) is 0 Å². The number of urea groups is 1. The van der Waals surface area contributed by atoms with Crippen LogP contribution in [-0.4, -0.2) is 23.8 Å². The lowest BCUT2D eigenvalue weighted by molar-refractivity contribution is 0.190. The van der Waals surface area contributed by atoms with Gasteiger partial charge in [-0.2, -0.15) is 0 Å². The Bertz CT molecular complexity index is 641. The minimum atomic E-state index is -0.580. The van der Waals surface area contributed by atoms with E-state index >= 15 is 0 Å². The SMILES string of the molecule is Cc1cc(Cl)c2ccccc2c1NC(=O)NC[C@@H](C)O. The number of carbonyl (C=O) groups is 1. The van der Waals surface area contributed by atoms with Crippen molar-refractivity contribution in [3.8, 4) is 0 Å². The molecule has 0 bridgehead atoms. The van der Waals surface area contributed by atoms with Gasteiger partial charge in [0.1, 0.15) is 0 Å². The maximum Gasteiger partial charge on any atom is 0.319 e. The number of benzene rings is 2. The zero-order valence-corrected chi connectivity index (χ0v) is 12.2. The van der Waals surface area contributed by atoms with Gasteiger partial charge in [0.15, 0.2) is 0 Å². The van der Waals surface area contributed by atoms with Gasteiger partial charge in [-0.25, -0.2) is 4.79 Å². The highest BCUT2D eigenvalue weighted by atomic mass is 35.5. The normalized spacial score (nSPS) is 12.2. The summed E-state index contributed by atoms with van der Waals surface area (Å²) in [7, 11) is 0. The molecule has 20 heavy (non-hydrogen) atoms. The number of hydrogen-bond acceptors (Lipinski definition) is 2. The van der Waals surface area contributed by atoms with Gasteiger partial charge < -0.3 is 15.7 Å². The Hall–Kier alpha value is -1.78. The molecule has 0 aliphatic rings. The molecule has 4 nitrogen and oxygen atoms in total. The quantitative estimate of drug-likeness (QED) is 0.813. The Labute approximate surface area is 122 Å². The molecule has 2 amide bonds. The van der Waals surface area contributed by atoms with E-state index in [4.69, 9.17) is 11.6 Å². The zero-order valence-electron chi connectivity index (χ0n) is 11.4. The third-order valence-corrected chi connectivity index (χ3v) is 3.30. The largest absolute Gasteiger partial charge is 0.392 e. The number of aliphatic hydroxyl groups excluding tert-OH is 1. The summed E-state index contributed by atoms with van der Waals surface area (Å²) >= 11 is 6.21. The van der Waals surface area contributed by atoms with Crippen LogP contribution in [0.2, 0.25) is 5.02 Å². The van der Waals surface area contributed by atoms with E-state index in [1.54, 1.807) is 6.92 Å². The topological polar surface area (TPSA) is 61.4 Å². The number of nitrogens with one attached hydrogen (secondary N) is 2. The summed E-state index contributed by atoms with van der Waals surface area (Å²) < 4.78 is 0. The van der Waals surface area contributed by atoms with Gasteiger partial charge in [-0.1, -0.05) is 35.9 Å². The van der Waals surface area contributed by atoms with E-state index in [2.05, 4.69) is 10.6 Å². The first-order valence-electron chi connectivity index (χ1n) is 6.40. The van der Waals surface area contributed by atoms with Crippen molar-refractivity contribution in [2.24, 2.45) is 0 Å². The first-order chi connectivity index (χ1) is 9.49. The van der Waals surface area contributed by atoms with Crippen molar-refractivity contribution in [2.45, 2.75) is 20.0 Å². The van der Waals surface area contributed by atoms with Crippen LogP contribution >= 0.6 is 11.6 Å². The zero-order chi connectivity index (χ0) is 14.7. The Morgan fingerprint density at radius 1 is 1.35 bits per heavy atom. The van der Waals surface area contributed by atoms with Crippen LogP contribution in [-0.2, 0) is 0 Å². The summed E-state index contributed by atoms with van der Waals surface area (Å²) in [6.45, 7) is 3.71. The molecule has 2 aromatic rings. The predicted octanol–water partition coefficient (Wildman–Crippen LogP) is 3.30. The van der Waals surface area contributed by atoms with E-state index in [1.165, 1.54) is 0 Å². The van der Waals surface area contributed by atoms with E-state index in [0.29, 0.717) is 5.02 Å². The summed E-state index contributed by atoms with van der Waals surface area (Å²) in [6.07, 6.45) is -0.580. The first-order valence-corrected chi connectivity index (χ1v) is 6.77. The van der Waals surface area contributed by atoms with Gasteiger partial charge in [0.2, 0.25) is 0 Å². The number of fused-ring (bicyclic) bond motifs is 1. The number of rotatable bonds is 3. The maximum absolute atomic E-state index is 11.8. The molecule has 2 aromatic carbocycles. The maximum atomic E-state index is 11.8. The average molecular weight is 293 g/mol. The third kappa shape index (κ3) is 3.21. The minimum absolute atomic E-state index is 0.205. The van der Waals surface area contributed by atoms with Crippen LogP contribution in [0.15, 0.2) is 30.3 Å². The smallest absolute Gasteiger partial charge is 0.319 e. The second kappa shape index (κ2) is 6.11. The number of hydrogen-bond donors (Lipinski definition) is 3. The molecular weight excluding hydrogens is 276 g/mol. The molecule has 0 aliphatic heterocycles. The van der Waals surface area contributed by atoms with Crippen LogP contribution in [0, 0.1) is 6.92 Å². The molecule has 0 saturated carbocycles. The van der Waals surface area contributed by atoms with Crippen LogP contribution < -0.4 is 10.6 Å². The van der Waals surface area contributed by atoms with Crippen LogP contribution in [0.1, 0.15) is 12.5 Å². The van der Waals surface area contributed by atoms with Gasteiger partial charge in [0, 0.05) is 22.3 Å². The van der Waals surface area contributed by atoms with E-state index in [9.17, 15) is 9.90 Å². The minimum Gasteiger partial charge on any atom is -0.392 e. The van der Waals surface area contributed by atoms with Gasteiger partial charge in [-0.05, 0) is 25.5 Å². The van der Waals surface area contributed by atoms with E-state index in [1.807, 2.05) is 37.3 Å². The molecule has 1 atom stereocenters. The molecule has 106 valence electrons. The van der Waals surface area contributed by atoms with Gasteiger partial charge in [-0.3, -0.25) is 0 Å². The van der Waals surface area contributed by atoms with Gasteiger partial charge in [0.25, 0.3) is 0 Å². The second-order valence-corrected chi connectivity index (χ2v) is 5.19. The van der Waals surface area contributed by atoms with Crippen LogP contribution in [0.4, 0.5) is 10.5 Å². The highest BCUT2D eigenvalue weighted by molar-refractivity contribution is 6.36. The Morgan fingerprint density at radius 3 is 2.65 bits per heavy atom. The highest BCUT2D eigenvalue weighted by Crippen LogP contribution is 2.32. The molecule has 0 unspecified atom stereocenters. The lowest BCUT2D eigenvalue weighted by Gasteiger charge is -2.14. The predicted molar refractivity (Wildman–Crippen MR) is 82.4 cm³/mol. The standard InChI is InChI=1S/C15H17ClN2O2/c1-9-7-13(16)11-5-3-4-6-12(11)14(9)18-15(20)17-8-10(2)19/h3-7,10,19H,8H2,1-2H3,(H2,17,18,20)/t10-/m1/s1. The molecule has 0 spiro atoms. The van der Waals surface area contributed by atoms with Crippen LogP contribution in [0.3, 0.4) is 0 Å². The first kappa shape index (κ1) is 14.6. The molecular formula is C15H17ClN2O2. The Balaban J connectivity index is 2.32. The van der Waals surface area contributed by atoms with Crippen molar-refractivity contribution in [1.29, 1.82) is 0 Å². The fourth-order valence-corrected chi connectivity index (χ4v) is 2.35. The Kier molecular flexibility index (Phi) is 4.47. The molecule has 2 rings (SSSR count). The number of anilines is 1. The van der Waals surface area contributed by atoms with Crippen molar-refractivity contribution in [3.05, 3.63) is 40.9 Å². The summed E-state index contributed by atoms with van der Waals surface area (Å²) in [6, 6.07) is 9.11. The van der Waals surface area contributed by atoms with Crippen molar-refractivity contribution < 1.29 is 9.90 Å². The second-order valence-electron chi connectivity index (χ2n) is 4.78. The summed E-state index contributed by atoms with van der Waals surface area (Å²) in [5.41, 5.74) is 1.62. The van der Waals surface area contributed by atoms with Crippen molar-refractivity contribution in [2.75, 3.05) is 11.9 Å². The fraction of sp³-hybridized carbons (Fsp3) is 0.267. The Morgan fingerprint density at radius 2 is 2.00 bits per heavy atom. The van der Waals surface area contributed by atoms with E-state index in [-0.39, 0.29) is 12.6 Å². The lowest BCUT2D eigenvalue weighted by atomic mass is 10.0. The van der Waals surface area contributed by atoms with Gasteiger partial charge in [0.05, 0.1) is 11.8 Å². The fourth-order valence-electron chi connectivity index (χ4n) is 2.03.